The Kier molecular flexibility index (Phi) is 11.6. The van der Waals surface area contributed by atoms with E-state index in [4.69, 9.17) is 28.5 Å². The van der Waals surface area contributed by atoms with Gasteiger partial charge in [-0.2, -0.15) is 10.4 Å². The summed E-state index contributed by atoms with van der Waals surface area (Å²) < 4.78 is 34.3. The summed E-state index contributed by atoms with van der Waals surface area (Å²) in [5.74, 6) is 0.849. The molecule has 0 bridgehead atoms. The second kappa shape index (κ2) is 15.6. The first-order chi connectivity index (χ1) is 22.6. The molecular formula is C37H50N4O5Si. The Morgan fingerprint density at radius 3 is 2.57 bits per heavy atom. The van der Waals surface area contributed by atoms with Crippen molar-refractivity contribution in [2.24, 2.45) is 0 Å². The predicted octanol–water partition coefficient (Wildman–Crippen LogP) is 8.10. The van der Waals surface area contributed by atoms with Crippen LogP contribution in [0, 0.1) is 11.3 Å². The normalized spacial score (nSPS) is 16.3. The van der Waals surface area contributed by atoms with Crippen molar-refractivity contribution < 1.29 is 23.4 Å². The topological polar surface area (TPSA) is 92.7 Å². The van der Waals surface area contributed by atoms with E-state index in [0.717, 1.165) is 59.3 Å². The molecule has 252 valence electrons. The van der Waals surface area contributed by atoms with Crippen LogP contribution in [-0.2, 0) is 32.1 Å². The van der Waals surface area contributed by atoms with Gasteiger partial charge in [0.15, 0.2) is 6.23 Å². The first-order valence-corrected chi connectivity index (χ1v) is 19.7. The molecule has 1 fully saturated rings. The predicted molar refractivity (Wildman–Crippen MR) is 187 cm³/mol. The zero-order valence-corrected chi connectivity index (χ0v) is 29.8. The molecule has 1 saturated heterocycles. The van der Waals surface area contributed by atoms with Gasteiger partial charge in [-0.15, -0.1) is 0 Å². The van der Waals surface area contributed by atoms with Crippen LogP contribution in [-0.4, -0.2) is 61.8 Å². The van der Waals surface area contributed by atoms with Crippen molar-refractivity contribution in [3.8, 4) is 23.1 Å². The van der Waals surface area contributed by atoms with Crippen LogP contribution in [0.1, 0.15) is 64.4 Å². The van der Waals surface area contributed by atoms with Gasteiger partial charge < -0.3 is 27.9 Å². The van der Waals surface area contributed by atoms with Crippen molar-refractivity contribution in [1.82, 2.24) is 14.3 Å². The zero-order chi connectivity index (χ0) is 33.4. The summed E-state index contributed by atoms with van der Waals surface area (Å²) in [7, 11) is -2.04. The number of aromatic nitrogens is 3. The minimum atomic E-state index is -2.04. The molecule has 1 aliphatic rings. The lowest BCUT2D eigenvalue weighted by Crippen LogP contribution is -2.43. The molecule has 2 aromatic carbocycles. The molecule has 2 atom stereocenters. The zero-order valence-electron chi connectivity index (χ0n) is 28.8. The summed E-state index contributed by atoms with van der Waals surface area (Å²) >= 11 is 0. The summed E-state index contributed by atoms with van der Waals surface area (Å²) in [5, 5.41) is 16.2. The molecule has 9 nitrogen and oxygen atoms in total. The minimum Gasteiger partial charge on any atom is -0.543 e. The van der Waals surface area contributed by atoms with Gasteiger partial charge >= 0.3 is 0 Å². The van der Waals surface area contributed by atoms with E-state index in [0.29, 0.717) is 45.3 Å². The molecule has 3 heterocycles. The molecule has 47 heavy (non-hydrogen) atoms. The van der Waals surface area contributed by atoms with E-state index in [9.17, 15) is 5.26 Å². The van der Waals surface area contributed by atoms with Crippen molar-refractivity contribution in [1.29, 1.82) is 5.26 Å². The van der Waals surface area contributed by atoms with E-state index < -0.39 is 8.32 Å². The van der Waals surface area contributed by atoms with Crippen LogP contribution in [0.15, 0.2) is 60.8 Å². The average Bonchev–Trinajstić information content (AvgIpc) is 3.64. The van der Waals surface area contributed by atoms with Gasteiger partial charge in [0.25, 0.3) is 0 Å². The van der Waals surface area contributed by atoms with E-state index in [-0.39, 0.29) is 17.4 Å². The Labute approximate surface area is 280 Å². The molecule has 4 aromatic rings. The molecule has 0 radical (unpaired) electrons. The number of rotatable bonds is 15. The summed E-state index contributed by atoms with van der Waals surface area (Å²) in [4.78, 5) is 0. The van der Waals surface area contributed by atoms with Gasteiger partial charge in [0, 0.05) is 30.3 Å². The fraction of sp³-hybridized carbons (Fsp3) is 0.514. The van der Waals surface area contributed by atoms with Crippen LogP contribution in [0.4, 0.5) is 0 Å². The van der Waals surface area contributed by atoms with Gasteiger partial charge in [-0.3, -0.25) is 0 Å². The van der Waals surface area contributed by atoms with Crippen LogP contribution in [0.3, 0.4) is 0 Å². The van der Waals surface area contributed by atoms with Crippen molar-refractivity contribution in [2.75, 3.05) is 33.0 Å². The number of nitrogens with zero attached hydrogens (tertiary/aromatic N) is 4. The molecule has 5 rings (SSSR count). The van der Waals surface area contributed by atoms with Gasteiger partial charge in [-0.05, 0) is 74.1 Å². The number of ether oxygens (including phenoxy) is 4. The third kappa shape index (κ3) is 8.92. The largest absolute Gasteiger partial charge is 0.543 e. The van der Waals surface area contributed by atoms with E-state index in [1.807, 2.05) is 58.8 Å². The SMILES string of the molecule is C[C@@H](COCc1ccccc1)OCCOCCn1cc(-c2nn(C3CCCCO3)c3ccc(O[Si](C)(C)C(C)(C)C)cc23)cc1C#N. The third-order valence-electron chi connectivity index (χ3n) is 9.14. The Hall–Kier alpha value is -3.46. The molecule has 0 spiro atoms. The van der Waals surface area contributed by atoms with E-state index in [2.05, 4.69) is 58.1 Å². The second-order valence-corrected chi connectivity index (χ2v) is 18.6. The standard InChI is InChI=1S/C37H50N4O5Si/c1-28(26-43-27-29-12-8-7-9-13-29)44-21-20-42-19-17-40-25-30(22-31(40)24-38)36-33-23-32(46-47(5,6)37(2,3)4)15-16-34(33)41(39-36)35-14-10-11-18-45-35/h7-9,12-13,15-16,22-23,25,28,35H,10-11,14,17-21,26-27H2,1-6H3/t28-,35?/m0/s1. The Balaban J connectivity index is 1.23. The molecule has 1 unspecified atom stereocenters. The first kappa shape index (κ1) is 34.9. The van der Waals surface area contributed by atoms with E-state index in [1.165, 1.54) is 0 Å². The van der Waals surface area contributed by atoms with E-state index >= 15 is 0 Å². The van der Waals surface area contributed by atoms with Crippen molar-refractivity contribution >= 4 is 19.2 Å². The smallest absolute Gasteiger partial charge is 0.250 e. The minimum absolute atomic E-state index is 0.0269. The Morgan fingerprint density at radius 2 is 1.85 bits per heavy atom. The number of benzene rings is 2. The highest BCUT2D eigenvalue weighted by atomic mass is 28.4. The molecule has 10 heteroatoms. The van der Waals surface area contributed by atoms with Crippen molar-refractivity contribution in [2.45, 2.75) is 90.6 Å². The third-order valence-corrected chi connectivity index (χ3v) is 13.5. The van der Waals surface area contributed by atoms with Gasteiger partial charge in [0.05, 0.1) is 44.7 Å². The van der Waals surface area contributed by atoms with Gasteiger partial charge in [-0.1, -0.05) is 51.1 Å². The summed E-state index contributed by atoms with van der Waals surface area (Å²) in [6.45, 7) is 17.0. The fourth-order valence-electron chi connectivity index (χ4n) is 5.43. The van der Waals surface area contributed by atoms with Crippen molar-refractivity contribution in [3.63, 3.8) is 0 Å². The summed E-state index contributed by atoms with van der Waals surface area (Å²) in [5.41, 5.74) is 4.42. The molecule has 0 aliphatic carbocycles. The van der Waals surface area contributed by atoms with Crippen LogP contribution in [0.5, 0.6) is 5.75 Å². The van der Waals surface area contributed by atoms with E-state index in [1.54, 1.807) is 0 Å². The van der Waals surface area contributed by atoms with Gasteiger partial charge in [0.1, 0.15) is 23.2 Å². The Bertz CT molecular complexity index is 1630. The van der Waals surface area contributed by atoms with Crippen molar-refractivity contribution in [3.05, 3.63) is 72.1 Å². The van der Waals surface area contributed by atoms with Crippen LogP contribution < -0.4 is 4.43 Å². The maximum Gasteiger partial charge on any atom is 0.250 e. The van der Waals surface area contributed by atoms with Crippen LogP contribution in [0.2, 0.25) is 18.1 Å². The quantitative estimate of drug-likeness (QED) is 0.0941. The highest BCUT2D eigenvalue weighted by Crippen LogP contribution is 2.40. The molecular weight excluding hydrogens is 609 g/mol. The summed E-state index contributed by atoms with van der Waals surface area (Å²) in [6.07, 6.45) is 4.95. The highest BCUT2D eigenvalue weighted by molar-refractivity contribution is 6.74. The fourth-order valence-corrected chi connectivity index (χ4v) is 6.46. The highest BCUT2D eigenvalue weighted by Gasteiger charge is 2.39. The monoisotopic (exact) mass is 658 g/mol. The number of hydrogen-bond donors (Lipinski definition) is 0. The van der Waals surface area contributed by atoms with Crippen LogP contribution >= 0.6 is 0 Å². The number of nitriles is 1. The second-order valence-electron chi connectivity index (χ2n) is 13.9. The number of fused-ring (bicyclic) bond motifs is 1. The lowest BCUT2D eigenvalue weighted by molar-refractivity contribution is -0.0365. The molecule has 0 saturated carbocycles. The van der Waals surface area contributed by atoms with Crippen LogP contribution in [0.25, 0.3) is 22.2 Å². The van der Waals surface area contributed by atoms with Gasteiger partial charge in [-0.25, -0.2) is 4.68 Å². The average molecular weight is 659 g/mol. The lowest BCUT2D eigenvalue weighted by Gasteiger charge is -2.36. The lowest BCUT2D eigenvalue weighted by atomic mass is 10.1. The molecule has 0 N–H and O–H groups in total. The Morgan fingerprint density at radius 1 is 1.04 bits per heavy atom. The first-order valence-electron chi connectivity index (χ1n) is 16.8. The number of hydrogen-bond acceptors (Lipinski definition) is 7. The van der Waals surface area contributed by atoms with Gasteiger partial charge in [0.2, 0.25) is 8.32 Å². The molecule has 0 amide bonds. The molecule has 2 aromatic heterocycles. The molecule has 1 aliphatic heterocycles. The summed E-state index contributed by atoms with van der Waals surface area (Å²) in [6, 6.07) is 20.6. The maximum absolute atomic E-state index is 9.99. The maximum atomic E-state index is 9.99.